The summed E-state index contributed by atoms with van der Waals surface area (Å²) < 4.78 is 37.4. The average molecular weight is 578 g/mol. The van der Waals surface area contributed by atoms with Gasteiger partial charge in [0.1, 0.15) is 5.75 Å². The number of carbonyl (C=O) groups is 2. The number of halogens is 4. The van der Waals surface area contributed by atoms with Crippen LogP contribution in [0, 0.1) is 0 Å². The fourth-order valence-electron chi connectivity index (χ4n) is 4.16. The molecule has 40 heavy (non-hydrogen) atoms. The highest BCUT2D eigenvalue weighted by molar-refractivity contribution is 6.31. The van der Waals surface area contributed by atoms with Crippen molar-refractivity contribution in [2.45, 2.75) is 19.1 Å². The molecule has 3 aromatic rings. The van der Waals surface area contributed by atoms with E-state index in [1.165, 1.54) is 12.0 Å². The number of nitrogens with one attached hydrogen (secondary N) is 1. The number of anilines is 1. The van der Waals surface area contributed by atoms with Crippen LogP contribution >= 0.6 is 11.6 Å². The fraction of sp³-hybridized carbons (Fsp3) is 0.310. The van der Waals surface area contributed by atoms with Gasteiger partial charge in [0.2, 0.25) is 0 Å². The number of aliphatic carboxylic acids is 1. The highest BCUT2D eigenvalue weighted by atomic mass is 35.5. The van der Waals surface area contributed by atoms with Gasteiger partial charge in [-0.05, 0) is 80.1 Å². The van der Waals surface area contributed by atoms with Gasteiger partial charge in [-0.15, -0.1) is 0 Å². The maximum absolute atomic E-state index is 12.5. The first-order valence-electron chi connectivity index (χ1n) is 12.5. The molecule has 1 heterocycles. The van der Waals surface area contributed by atoms with E-state index in [1.807, 2.05) is 30.3 Å². The van der Waals surface area contributed by atoms with Crippen LogP contribution in [0.15, 0.2) is 66.7 Å². The zero-order chi connectivity index (χ0) is 29.3. The second kappa shape index (κ2) is 14.2. The maximum atomic E-state index is 12.5. The number of likely N-dealkylation sites (N-methyl/N-ethyl adjacent to an activating group) is 1. The lowest BCUT2D eigenvalue weighted by atomic mass is 10.0. The Morgan fingerprint density at radius 1 is 0.975 bits per heavy atom. The van der Waals surface area contributed by atoms with Gasteiger partial charge in [-0.2, -0.15) is 13.2 Å². The number of hydrogen-bond donors (Lipinski definition) is 2. The maximum Gasteiger partial charge on any atom is 0.490 e. The number of carboxylic acid groups (broad SMARTS) is 1. The lowest BCUT2D eigenvalue weighted by Crippen LogP contribution is -2.28. The van der Waals surface area contributed by atoms with Crippen molar-refractivity contribution in [1.29, 1.82) is 0 Å². The molecule has 0 bridgehead atoms. The topological polar surface area (TPSA) is 82.1 Å². The number of ether oxygens (including phenoxy) is 1. The van der Waals surface area contributed by atoms with Crippen LogP contribution in [0.5, 0.6) is 5.75 Å². The largest absolute Gasteiger partial charge is 0.496 e. The first kappa shape index (κ1) is 30.9. The molecule has 0 spiro atoms. The van der Waals surface area contributed by atoms with Crippen LogP contribution in [0.4, 0.5) is 18.9 Å². The van der Waals surface area contributed by atoms with Crippen LogP contribution in [0.2, 0.25) is 5.02 Å². The Kier molecular flexibility index (Phi) is 10.9. The molecule has 1 fully saturated rings. The van der Waals surface area contributed by atoms with E-state index < -0.39 is 12.1 Å². The number of rotatable bonds is 6. The first-order valence-corrected chi connectivity index (χ1v) is 12.9. The van der Waals surface area contributed by atoms with E-state index in [-0.39, 0.29) is 5.91 Å². The molecule has 0 atom stereocenters. The summed E-state index contributed by atoms with van der Waals surface area (Å²) >= 11 is 6.00. The summed E-state index contributed by atoms with van der Waals surface area (Å²) in [6, 6.07) is 21.2. The third-order valence-electron chi connectivity index (χ3n) is 6.29. The van der Waals surface area contributed by atoms with Crippen molar-refractivity contribution in [2.24, 2.45) is 0 Å². The molecule has 4 rings (SSSR count). The Hall–Kier alpha value is -3.60. The number of amides is 1. The zero-order valence-electron chi connectivity index (χ0n) is 22.2. The van der Waals surface area contributed by atoms with Crippen molar-refractivity contribution in [3.8, 4) is 16.9 Å². The number of carboxylic acids is 1. The lowest BCUT2D eigenvalue weighted by molar-refractivity contribution is -0.192. The molecule has 0 aliphatic carbocycles. The summed E-state index contributed by atoms with van der Waals surface area (Å²) in [5.41, 5.74) is 4.69. The Morgan fingerprint density at radius 3 is 2.27 bits per heavy atom. The quantitative estimate of drug-likeness (QED) is 0.372. The number of carbonyl (C=O) groups excluding carboxylic acids is 1. The Bertz CT molecular complexity index is 1300. The van der Waals surface area contributed by atoms with Crippen molar-refractivity contribution in [1.82, 2.24) is 9.80 Å². The van der Waals surface area contributed by atoms with Gasteiger partial charge in [-0.25, -0.2) is 4.79 Å². The van der Waals surface area contributed by atoms with Crippen molar-refractivity contribution in [3.05, 3.63) is 82.9 Å². The third-order valence-corrected chi connectivity index (χ3v) is 6.53. The van der Waals surface area contributed by atoms with Crippen molar-refractivity contribution >= 4 is 29.2 Å². The van der Waals surface area contributed by atoms with E-state index >= 15 is 0 Å². The number of nitrogens with zero attached hydrogens (tertiary/aromatic N) is 2. The normalized spacial score (nSPS) is 14.4. The predicted molar refractivity (Wildman–Crippen MR) is 149 cm³/mol. The molecule has 0 aromatic heterocycles. The SMILES string of the molecule is COc1ccc(-c2ccc(NC(=O)c3cccc(Cl)c3)cc2)cc1CN1CCCN(C)CC1.O=C(O)C(F)(F)F. The molecule has 0 saturated carbocycles. The standard InChI is InChI=1S/C27H30ClN3O2.C2HF3O2/c1-30-13-4-14-31(16-15-30)19-23-17-21(9-12-26(23)33-2)20-7-10-25(11-8-20)29-27(32)22-5-3-6-24(28)18-22;3-2(4,5)1(6)7/h3,5-12,17-18H,4,13-16,19H2,1-2H3,(H,29,32);(H,6,7). The molecule has 1 amide bonds. The van der Waals surface area contributed by atoms with E-state index in [0.29, 0.717) is 10.6 Å². The predicted octanol–water partition coefficient (Wildman–Crippen LogP) is 6.04. The van der Waals surface area contributed by atoms with Crippen LogP contribution in [0.1, 0.15) is 22.3 Å². The fourth-order valence-corrected chi connectivity index (χ4v) is 4.35. The Labute approximate surface area is 236 Å². The van der Waals surface area contributed by atoms with E-state index in [1.54, 1.807) is 31.4 Å². The molecule has 0 radical (unpaired) electrons. The molecule has 2 N–H and O–H groups in total. The monoisotopic (exact) mass is 577 g/mol. The smallest absolute Gasteiger partial charge is 0.490 e. The third kappa shape index (κ3) is 9.25. The van der Waals surface area contributed by atoms with E-state index in [0.717, 1.165) is 55.3 Å². The second-order valence-electron chi connectivity index (χ2n) is 9.30. The summed E-state index contributed by atoms with van der Waals surface area (Å²) in [7, 11) is 3.91. The minimum atomic E-state index is -5.08. The van der Waals surface area contributed by atoms with Gasteiger partial charge in [-0.1, -0.05) is 35.9 Å². The first-order chi connectivity index (χ1) is 19.0. The van der Waals surface area contributed by atoms with Crippen LogP contribution in [0.3, 0.4) is 0 Å². The van der Waals surface area contributed by atoms with Crippen LogP contribution < -0.4 is 10.1 Å². The van der Waals surface area contributed by atoms with E-state index in [4.69, 9.17) is 26.2 Å². The van der Waals surface area contributed by atoms with Gasteiger partial charge < -0.3 is 20.1 Å². The summed E-state index contributed by atoms with van der Waals surface area (Å²) in [6.07, 6.45) is -3.90. The molecule has 3 aromatic carbocycles. The summed E-state index contributed by atoms with van der Waals surface area (Å²) in [6.45, 7) is 5.26. The van der Waals surface area contributed by atoms with Gasteiger partial charge in [0.05, 0.1) is 7.11 Å². The summed E-state index contributed by atoms with van der Waals surface area (Å²) in [4.78, 5) is 26.3. The van der Waals surface area contributed by atoms with Crippen LogP contribution in [-0.2, 0) is 11.3 Å². The van der Waals surface area contributed by atoms with Crippen LogP contribution in [0.25, 0.3) is 11.1 Å². The molecule has 0 unspecified atom stereocenters. The minimum absolute atomic E-state index is 0.180. The molecule has 1 aliphatic rings. The number of methoxy groups -OCH3 is 1. The van der Waals surface area contributed by atoms with Gasteiger partial charge in [0.25, 0.3) is 5.91 Å². The van der Waals surface area contributed by atoms with Crippen molar-refractivity contribution in [3.63, 3.8) is 0 Å². The highest BCUT2D eigenvalue weighted by Crippen LogP contribution is 2.29. The molecule has 214 valence electrons. The molecule has 11 heteroatoms. The van der Waals surface area contributed by atoms with Gasteiger partial charge in [0, 0.05) is 41.5 Å². The van der Waals surface area contributed by atoms with Gasteiger partial charge in [-0.3, -0.25) is 9.69 Å². The van der Waals surface area contributed by atoms with Crippen LogP contribution in [-0.4, -0.2) is 73.3 Å². The number of hydrogen-bond acceptors (Lipinski definition) is 5. The summed E-state index contributed by atoms with van der Waals surface area (Å²) in [5.74, 6) is -2.02. The van der Waals surface area contributed by atoms with E-state index in [9.17, 15) is 18.0 Å². The van der Waals surface area contributed by atoms with Gasteiger partial charge >= 0.3 is 12.1 Å². The van der Waals surface area contributed by atoms with Crippen molar-refractivity contribution < 1.29 is 32.6 Å². The lowest BCUT2D eigenvalue weighted by Gasteiger charge is -2.22. The minimum Gasteiger partial charge on any atom is -0.496 e. The van der Waals surface area contributed by atoms with Crippen molar-refractivity contribution in [2.75, 3.05) is 45.7 Å². The number of alkyl halides is 3. The second-order valence-corrected chi connectivity index (χ2v) is 9.74. The average Bonchev–Trinajstić information content (AvgIpc) is 3.12. The van der Waals surface area contributed by atoms with Gasteiger partial charge in [0.15, 0.2) is 0 Å². The molecule has 7 nitrogen and oxygen atoms in total. The molecule has 1 aliphatic heterocycles. The number of benzene rings is 3. The zero-order valence-corrected chi connectivity index (χ0v) is 22.9. The molecule has 1 saturated heterocycles. The Balaban J connectivity index is 0.000000559. The highest BCUT2D eigenvalue weighted by Gasteiger charge is 2.38. The van der Waals surface area contributed by atoms with E-state index in [2.05, 4.69) is 34.3 Å². The Morgan fingerprint density at radius 2 is 1.65 bits per heavy atom. The summed E-state index contributed by atoms with van der Waals surface area (Å²) in [5, 5.41) is 10.6. The molecular weight excluding hydrogens is 547 g/mol. The molecular formula is C29H31ClF3N3O4.